The molecule has 0 saturated carbocycles. The first-order chi connectivity index (χ1) is 35.9. The highest BCUT2D eigenvalue weighted by atomic mass is 31.2. The minimum Gasteiger partial charge on any atom is -0.756 e. The van der Waals surface area contributed by atoms with E-state index in [1.54, 1.807) is 0 Å². The molecule has 9 nitrogen and oxygen atoms in total. The summed E-state index contributed by atoms with van der Waals surface area (Å²) in [5, 5.41) is 3.03. The lowest BCUT2D eigenvalue weighted by molar-refractivity contribution is -0.870. The van der Waals surface area contributed by atoms with Gasteiger partial charge in [0.25, 0.3) is 7.82 Å². The first-order valence-corrected chi connectivity index (χ1v) is 33.3. The molecule has 74 heavy (non-hydrogen) atoms. The summed E-state index contributed by atoms with van der Waals surface area (Å²) >= 11 is 0. The highest BCUT2D eigenvalue weighted by molar-refractivity contribution is 7.45. The Morgan fingerprint density at radius 1 is 0.473 bits per heavy atom. The largest absolute Gasteiger partial charge is 0.756 e. The van der Waals surface area contributed by atoms with Gasteiger partial charge in [0.1, 0.15) is 19.3 Å². The number of phosphoric ester groups is 1. The summed E-state index contributed by atoms with van der Waals surface area (Å²) in [6.45, 7) is 6.85. The first-order valence-electron chi connectivity index (χ1n) is 31.8. The van der Waals surface area contributed by atoms with E-state index in [-0.39, 0.29) is 31.5 Å². The lowest BCUT2D eigenvalue weighted by Crippen LogP contribution is -2.47. The van der Waals surface area contributed by atoms with E-state index >= 15 is 0 Å². The van der Waals surface area contributed by atoms with Gasteiger partial charge in [-0.2, -0.15) is 0 Å². The van der Waals surface area contributed by atoms with Crippen molar-refractivity contribution in [1.29, 1.82) is 0 Å². The van der Waals surface area contributed by atoms with Crippen molar-refractivity contribution in [3.05, 3.63) is 36.5 Å². The SMILES string of the molecule is CCCCC/C=C\C/C=C\CCCCCCCCCCCCCCCC(=O)OC(/C=C/CCCCCCCCCCC)C(COP(=O)([O-])OCC[N+](C)(C)C)NC(=O)CCCCCCCCCCCCCCCC. The minimum absolute atomic E-state index is 0.0196. The topological polar surface area (TPSA) is 114 Å². The molecule has 0 saturated heterocycles. The molecule has 0 heterocycles. The standard InChI is InChI=1S/C64H123N2O7P/c1-7-10-13-16-19-22-25-27-29-30-31-32-33-34-35-36-37-39-42-45-48-51-54-57-64(68)73-62(55-52-49-46-43-40-24-21-18-15-12-9-3)61(60-72-74(69,70)71-59-58-66(4,5)6)65-63(67)56-53-50-47-44-41-38-28-26-23-20-17-14-11-8-2/h19,22,27,29,52,55,61-62H,7-18,20-21,23-26,28,30-51,53-54,56-60H2,1-6H3,(H-,65,67,69,70)/b22-19-,29-27-,55-52+. The van der Waals surface area contributed by atoms with Crippen LogP contribution >= 0.6 is 7.82 Å². The van der Waals surface area contributed by atoms with Crippen LogP contribution in [0.3, 0.4) is 0 Å². The Kier molecular flexibility index (Phi) is 53.3. The van der Waals surface area contributed by atoms with E-state index in [1.165, 1.54) is 212 Å². The average Bonchev–Trinajstić information content (AvgIpc) is 3.36. The number of nitrogens with one attached hydrogen (secondary N) is 1. The molecule has 0 aliphatic rings. The van der Waals surface area contributed by atoms with Gasteiger partial charge < -0.3 is 28.5 Å². The molecule has 10 heteroatoms. The number of likely N-dealkylation sites (N-methyl/N-ethyl adjacent to an activating group) is 1. The summed E-state index contributed by atoms with van der Waals surface area (Å²) in [5.41, 5.74) is 0. The van der Waals surface area contributed by atoms with E-state index in [0.29, 0.717) is 17.4 Å². The maximum atomic E-state index is 13.5. The van der Waals surface area contributed by atoms with Crippen molar-refractivity contribution in [2.24, 2.45) is 0 Å². The molecule has 0 aromatic heterocycles. The molecule has 0 spiro atoms. The van der Waals surface area contributed by atoms with E-state index < -0.39 is 20.0 Å². The first kappa shape index (κ1) is 72.2. The minimum atomic E-state index is -4.69. The maximum Gasteiger partial charge on any atom is 0.306 e. The number of ether oxygens (including phenoxy) is 1. The van der Waals surface area contributed by atoms with Gasteiger partial charge in [-0.25, -0.2) is 0 Å². The number of unbranched alkanes of at least 4 members (excludes halogenated alkanes) is 38. The van der Waals surface area contributed by atoms with Crippen LogP contribution in [0.5, 0.6) is 0 Å². The molecule has 0 aromatic rings. The summed E-state index contributed by atoms with van der Waals surface area (Å²) in [7, 11) is 1.20. The van der Waals surface area contributed by atoms with Gasteiger partial charge in [-0.1, -0.05) is 269 Å². The molecule has 0 bridgehead atoms. The van der Waals surface area contributed by atoms with Crippen molar-refractivity contribution in [1.82, 2.24) is 5.32 Å². The van der Waals surface area contributed by atoms with Gasteiger partial charge >= 0.3 is 5.97 Å². The maximum absolute atomic E-state index is 13.5. The fraction of sp³-hybridized carbons (Fsp3) is 0.875. The normalized spacial score (nSPS) is 13.9. The number of phosphoric acid groups is 1. The third-order valence-corrected chi connectivity index (χ3v) is 15.3. The van der Waals surface area contributed by atoms with Crippen molar-refractivity contribution < 1.29 is 37.3 Å². The van der Waals surface area contributed by atoms with Crippen LogP contribution in [0, 0.1) is 0 Å². The van der Waals surface area contributed by atoms with Crippen LogP contribution in [-0.4, -0.2) is 69.4 Å². The summed E-state index contributed by atoms with van der Waals surface area (Å²) in [5.74, 6) is -0.528. The average molecular weight is 1060 g/mol. The molecule has 0 aliphatic heterocycles. The molecular weight excluding hydrogens is 940 g/mol. The third-order valence-electron chi connectivity index (χ3n) is 14.3. The van der Waals surface area contributed by atoms with Gasteiger partial charge in [0, 0.05) is 12.8 Å². The quantitative estimate of drug-likeness (QED) is 0.0212. The smallest absolute Gasteiger partial charge is 0.306 e. The highest BCUT2D eigenvalue weighted by Crippen LogP contribution is 2.38. The van der Waals surface area contributed by atoms with Gasteiger partial charge in [-0.15, -0.1) is 0 Å². The van der Waals surface area contributed by atoms with E-state index in [1.807, 2.05) is 33.3 Å². The second-order valence-electron chi connectivity index (χ2n) is 22.9. The third kappa shape index (κ3) is 55.0. The number of carbonyl (C=O) groups is 2. The molecular formula is C64H123N2O7P. The van der Waals surface area contributed by atoms with E-state index in [4.69, 9.17) is 13.8 Å². The van der Waals surface area contributed by atoms with E-state index in [2.05, 4.69) is 50.4 Å². The van der Waals surface area contributed by atoms with Gasteiger partial charge in [0.2, 0.25) is 5.91 Å². The number of rotatable bonds is 58. The Morgan fingerprint density at radius 2 is 0.824 bits per heavy atom. The Bertz CT molecular complexity index is 1360. The number of hydrogen-bond acceptors (Lipinski definition) is 7. The number of quaternary nitrogens is 1. The van der Waals surface area contributed by atoms with Crippen LogP contribution in [0.25, 0.3) is 0 Å². The van der Waals surface area contributed by atoms with Crippen LogP contribution < -0.4 is 10.2 Å². The van der Waals surface area contributed by atoms with E-state index in [9.17, 15) is 19.0 Å². The van der Waals surface area contributed by atoms with Crippen molar-refractivity contribution in [2.45, 2.75) is 322 Å². The summed E-state index contributed by atoms with van der Waals surface area (Å²) < 4.78 is 30.3. The van der Waals surface area contributed by atoms with Gasteiger partial charge in [-0.05, 0) is 63.9 Å². The second-order valence-corrected chi connectivity index (χ2v) is 24.3. The Morgan fingerprint density at radius 3 is 1.24 bits per heavy atom. The van der Waals surface area contributed by atoms with Gasteiger partial charge in [0.15, 0.2) is 0 Å². The summed E-state index contributed by atoms with van der Waals surface area (Å²) in [6.07, 6.45) is 65.4. The summed E-state index contributed by atoms with van der Waals surface area (Å²) in [6, 6.07) is -0.883. The molecule has 3 unspecified atom stereocenters. The molecule has 0 radical (unpaired) electrons. The predicted molar refractivity (Wildman–Crippen MR) is 316 cm³/mol. The number of amides is 1. The molecule has 0 aliphatic carbocycles. The zero-order chi connectivity index (χ0) is 54.3. The zero-order valence-corrected chi connectivity index (χ0v) is 50.7. The van der Waals surface area contributed by atoms with Crippen LogP contribution in [0.15, 0.2) is 36.5 Å². The lowest BCUT2D eigenvalue weighted by atomic mass is 10.0. The fourth-order valence-corrected chi connectivity index (χ4v) is 10.1. The van der Waals surface area contributed by atoms with Crippen LogP contribution in [0.4, 0.5) is 0 Å². The van der Waals surface area contributed by atoms with Gasteiger partial charge in [0.05, 0.1) is 33.8 Å². The van der Waals surface area contributed by atoms with Crippen molar-refractivity contribution in [3.8, 4) is 0 Å². The Balaban J connectivity index is 5.09. The highest BCUT2D eigenvalue weighted by Gasteiger charge is 2.27. The molecule has 0 rings (SSSR count). The number of esters is 1. The number of hydrogen-bond donors (Lipinski definition) is 1. The van der Waals surface area contributed by atoms with Crippen molar-refractivity contribution in [2.75, 3.05) is 40.9 Å². The molecule has 1 N–H and O–H groups in total. The molecule has 3 atom stereocenters. The molecule has 0 aromatic carbocycles. The number of allylic oxidation sites excluding steroid dienone is 5. The molecule has 436 valence electrons. The van der Waals surface area contributed by atoms with Crippen LogP contribution in [0.1, 0.15) is 310 Å². The van der Waals surface area contributed by atoms with Crippen LogP contribution in [0.2, 0.25) is 0 Å². The van der Waals surface area contributed by atoms with Gasteiger partial charge in [-0.3, -0.25) is 14.2 Å². The summed E-state index contributed by atoms with van der Waals surface area (Å²) in [4.78, 5) is 39.9. The fourth-order valence-electron chi connectivity index (χ4n) is 9.38. The Labute approximate surface area is 459 Å². The number of nitrogens with zero attached hydrogens (tertiary/aromatic N) is 1. The molecule has 1 amide bonds. The lowest BCUT2D eigenvalue weighted by Gasteiger charge is -2.30. The van der Waals surface area contributed by atoms with Crippen molar-refractivity contribution >= 4 is 19.7 Å². The van der Waals surface area contributed by atoms with E-state index in [0.717, 1.165) is 64.2 Å². The Hall–Kier alpha value is -1.77. The monoisotopic (exact) mass is 1060 g/mol. The predicted octanol–water partition coefficient (Wildman–Crippen LogP) is 18.9. The van der Waals surface area contributed by atoms with Crippen molar-refractivity contribution in [3.63, 3.8) is 0 Å². The second kappa shape index (κ2) is 54.6. The number of carbonyl (C=O) groups excluding carboxylic acids is 2. The molecule has 0 fully saturated rings. The van der Waals surface area contributed by atoms with Crippen LogP contribution in [-0.2, 0) is 27.9 Å². The zero-order valence-electron chi connectivity index (χ0n) is 49.8.